The molecule has 0 aromatic carbocycles. The van der Waals surface area contributed by atoms with Crippen molar-refractivity contribution in [3.8, 4) is 11.4 Å². The molecule has 2 aromatic heterocycles. The van der Waals surface area contributed by atoms with Gasteiger partial charge in [-0.3, -0.25) is 4.68 Å². The highest BCUT2D eigenvalue weighted by atomic mass is 35.5. The van der Waals surface area contributed by atoms with Crippen molar-refractivity contribution in [3.63, 3.8) is 0 Å². The minimum atomic E-state index is 0.404. The van der Waals surface area contributed by atoms with E-state index < -0.39 is 0 Å². The highest BCUT2D eigenvalue weighted by molar-refractivity contribution is 6.34. The van der Waals surface area contributed by atoms with Crippen LogP contribution in [0.25, 0.3) is 11.4 Å². The SMILES string of the molecule is CCc1c(Cl)nc(-c2cnn(C)c2)nc1Cl. The zero-order valence-corrected chi connectivity index (χ0v) is 10.4. The zero-order chi connectivity index (χ0) is 11.7. The van der Waals surface area contributed by atoms with Gasteiger partial charge in [-0.2, -0.15) is 5.10 Å². The lowest BCUT2D eigenvalue weighted by molar-refractivity contribution is 0.768. The molecule has 0 fully saturated rings. The number of hydrogen-bond donors (Lipinski definition) is 0. The molecule has 0 aliphatic carbocycles. The Hall–Kier alpha value is -1.13. The number of aryl methyl sites for hydroxylation is 1. The Kier molecular flexibility index (Phi) is 3.12. The lowest BCUT2D eigenvalue weighted by Crippen LogP contribution is -1.96. The van der Waals surface area contributed by atoms with Crippen molar-refractivity contribution in [1.82, 2.24) is 19.7 Å². The zero-order valence-electron chi connectivity index (χ0n) is 8.91. The standard InChI is InChI=1S/C10H10Cl2N4/c1-3-7-8(11)14-10(15-9(7)12)6-4-13-16(2)5-6/h4-5H,3H2,1-2H3. The Morgan fingerprint density at radius 2 is 1.88 bits per heavy atom. The van der Waals surface area contributed by atoms with Crippen molar-refractivity contribution in [2.24, 2.45) is 7.05 Å². The molecule has 0 saturated heterocycles. The molecule has 0 aliphatic rings. The second kappa shape index (κ2) is 4.39. The van der Waals surface area contributed by atoms with Crippen LogP contribution >= 0.6 is 23.2 Å². The van der Waals surface area contributed by atoms with E-state index in [4.69, 9.17) is 23.2 Å². The van der Waals surface area contributed by atoms with Crippen molar-refractivity contribution in [1.29, 1.82) is 0 Å². The van der Waals surface area contributed by atoms with Crippen LogP contribution in [0.2, 0.25) is 10.3 Å². The predicted molar refractivity (Wildman–Crippen MR) is 63.6 cm³/mol. The molecule has 0 bridgehead atoms. The van der Waals surface area contributed by atoms with Crippen LogP contribution in [-0.2, 0) is 13.5 Å². The second-order valence-corrected chi connectivity index (χ2v) is 4.08. The van der Waals surface area contributed by atoms with Gasteiger partial charge in [0.1, 0.15) is 10.3 Å². The maximum Gasteiger partial charge on any atom is 0.165 e. The first-order valence-electron chi connectivity index (χ1n) is 4.82. The van der Waals surface area contributed by atoms with Crippen molar-refractivity contribution < 1.29 is 0 Å². The average Bonchev–Trinajstić information content (AvgIpc) is 2.64. The summed E-state index contributed by atoms with van der Waals surface area (Å²) < 4.78 is 1.67. The normalized spacial score (nSPS) is 10.8. The predicted octanol–water partition coefficient (Wildman–Crippen LogP) is 2.75. The van der Waals surface area contributed by atoms with Gasteiger partial charge in [-0.05, 0) is 6.42 Å². The summed E-state index contributed by atoms with van der Waals surface area (Å²) in [6.45, 7) is 1.96. The average molecular weight is 257 g/mol. The Bertz CT molecular complexity index is 498. The summed E-state index contributed by atoms with van der Waals surface area (Å²) in [7, 11) is 1.83. The molecule has 4 nitrogen and oxygen atoms in total. The van der Waals surface area contributed by atoms with Crippen molar-refractivity contribution >= 4 is 23.2 Å². The highest BCUT2D eigenvalue weighted by Crippen LogP contribution is 2.25. The van der Waals surface area contributed by atoms with E-state index in [1.807, 2.05) is 20.2 Å². The molecule has 0 atom stereocenters. The lowest BCUT2D eigenvalue weighted by Gasteiger charge is -2.04. The molecule has 2 heterocycles. The molecular formula is C10H10Cl2N4. The van der Waals surface area contributed by atoms with Crippen LogP contribution in [0.3, 0.4) is 0 Å². The van der Waals surface area contributed by atoms with Crippen molar-refractivity contribution in [2.45, 2.75) is 13.3 Å². The van der Waals surface area contributed by atoms with Crippen LogP contribution in [0.4, 0.5) is 0 Å². The van der Waals surface area contributed by atoms with Crippen LogP contribution in [0.15, 0.2) is 12.4 Å². The topological polar surface area (TPSA) is 43.6 Å². The summed E-state index contributed by atoms with van der Waals surface area (Å²) in [6, 6.07) is 0. The van der Waals surface area contributed by atoms with Crippen LogP contribution in [0, 0.1) is 0 Å². The molecule has 16 heavy (non-hydrogen) atoms. The summed E-state index contributed by atoms with van der Waals surface area (Å²) >= 11 is 12.1. The number of nitrogens with zero attached hydrogens (tertiary/aromatic N) is 4. The van der Waals surface area contributed by atoms with Crippen LogP contribution in [0.1, 0.15) is 12.5 Å². The molecule has 0 spiro atoms. The summed E-state index contributed by atoms with van der Waals surface area (Å²) in [4.78, 5) is 8.41. The third-order valence-corrected chi connectivity index (χ3v) is 2.85. The fraction of sp³-hybridized carbons (Fsp3) is 0.300. The van der Waals surface area contributed by atoms with E-state index in [-0.39, 0.29) is 0 Å². The van der Waals surface area contributed by atoms with E-state index in [9.17, 15) is 0 Å². The lowest BCUT2D eigenvalue weighted by atomic mass is 10.2. The first-order valence-corrected chi connectivity index (χ1v) is 5.58. The first-order chi connectivity index (χ1) is 7.61. The summed E-state index contributed by atoms with van der Waals surface area (Å²) in [5.74, 6) is 0.500. The molecule has 0 unspecified atom stereocenters. The molecular weight excluding hydrogens is 247 g/mol. The van der Waals surface area contributed by atoms with Gasteiger partial charge >= 0.3 is 0 Å². The minimum absolute atomic E-state index is 0.404. The fourth-order valence-corrected chi connectivity index (χ4v) is 2.04. The molecule has 84 valence electrons. The molecule has 0 radical (unpaired) electrons. The van der Waals surface area contributed by atoms with Crippen LogP contribution in [0.5, 0.6) is 0 Å². The van der Waals surface area contributed by atoms with Gasteiger partial charge in [-0.1, -0.05) is 30.1 Å². The van der Waals surface area contributed by atoms with E-state index in [1.165, 1.54) is 0 Å². The fourth-order valence-electron chi connectivity index (χ4n) is 1.39. The number of rotatable bonds is 2. The molecule has 0 aliphatic heterocycles. The smallest absolute Gasteiger partial charge is 0.165 e. The van der Waals surface area contributed by atoms with Gasteiger partial charge in [0.2, 0.25) is 0 Å². The van der Waals surface area contributed by atoms with Gasteiger partial charge in [0, 0.05) is 18.8 Å². The van der Waals surface area contributed by atoms with E-state index in [1.54, 1.807) is 10.9 Å². The third kappa shape index (κ3) is 2.03. The van der Waals surface area contributed by atoms with Gasteiger partial charge in [-0.25, -0.2) is 9.97 Å². The van der Waals surface area contributed by atoms with Gasteiger partial charge < -0.3 is 0 Å². The van der Waals surface area contributed by atoms with E-state index in [2.05, 4.69) is 15.1 Å². The van der Waals surface area contributed by atoms with Crippen molar-refractivity contribution in [3.05, 3.63) is 28.3 Å². The van der Waals surface area contributed by atoms with Gasteiger partial charge in [-0.15, -0.1) is 0 Å². The van der Waals surface area contributed by atoms with Crippen LogP contribution in [-0.4, -0.2) is 19.7 Å². The molecule has 2 aromatic rings. The minimum Gasteiger partial charge on any atom is -0.275 e. The Morgan fingerprint density at radius 1 is 1.25 bits per heavy atom. The first kappa shape index (κ1) is 11.4. The quantitative estimate of drug-likeness (QED) is 0.777. The Balaban J connectivity index is 2.52. The van der Waals surface area contributed by atoms with Gasteiger partial charge in [0.15, 0.2) is 5.82 Å². The monoisotopic (exact) mass is 256 g/mol. The molecule has 6 heteroatoms. The molecule has 0 N–H and O–H groups in total. The maximum atomic E-state index is 6.03. The number of halogens is 2. The summed E-state index contributed by atoms with van der Waals surface area (Å²) in [5.41, 5.74) is 1.57. The highest BCUT2D eigenvalue weighted by Gasteiger charge is 2.12. The summed E-state index contributed by atoms with van der Waals surface area (Å²) in [6.07, 6.45) is 4.20. The molecule has 0 amide bonds. The van der Waals surface area contributed by atoms with Gasteiger partial charge in [0.05, 0.1) is 11.8 Å². The largest absolute Gasteiger partial charge is 0.275 e. The third-order valence-electron chi connectivity index (χ3n) is 2.22. The van der Waals surface area contributed by atoms with Crippen molar-refractivity contribution in [2.75, 3.05) is 0 Å². The van der Waals surface area contributed by atoms with E-state index in [0.29, 0.717) is 22.6 Å². The number of aromatic nitrogens is 4. The van der Waals surface area contributed by atoms with Gasteiger partial charge in [0.25, 0.3) is 0 Å². The second-order valence-electron chi connectivity index (χ2n) is 3.36. The van der Waals surface area contributed by atoms with Crippen LogP contribution < -0.4 is 0 Å². The van der Waals surface area contributed by atoms with E-state index in [0.717, 1.165) is 11.1 Å². The Morgan fingerprint density at radius 3 is 2.31 bits per heavy atom. The maximum absolute atomic E-state index is 6.03. The molecule has 2 rings (SSSR count). The summed E-state index contributed by atoms with van der Waals surface area (Å²) in [5, 5.41) is 4.85. The number of hydrogen-bond acceptors (Lipinski definition) is 3. The Labute approximate surface area is 103 Å². The van der Waals surface area contributed by atoms with E-state index >= 15 is 0 Å². The molecule has 0 saturated carbocycles.